The quantitative estimate of drug-likeness (QED) is 0.857. The van der Waals surface area contributed by atoms with E-state index in [9.17, 15) is 0 Å². The molecule has 132 valence electrons. The van der Waals surface area contributed by atoms with E-state index in [1.807, 2.05) is 6.07 Å². The number of methoxy groups -OCH3 is 1. The Morgan fingerprint density at radius 2 is 2.08 bits per heavy atom. The zero-order valence-electron chi connectivity index (χ0n) is 15.1. The van der Waals surface area contributed by atoms with Gasteiger partial charge in [-0.1, -0.05) is 18.2 Å². The molecular weight excluding hydrogens is 312 g/mol. The van der Waals surface area contributed by atoms with E-state index < -0.39 is 0 Å². The van der Waals surface area contributed by atoms with E-state index in [-0.39, 0.29) is 0 Å². The van der Waals surface area contributed by atoms with Crippen molar-refractivity contribution in [1.82, 2.24) is 14.9 Å². The average molecular weight is 338 g/mol. The fourth-order valence-corrected chi connectivity index (χ4v) is 4.16. The number of fused-ring (bicyclic) bond motifs is 1. The lowest BCUT2D eigenvalue weighted by atomic mass is 10.0. The molecule has 1 aromatic heterocycles. The second-order valence-electron chi connectivity index (χ2n) is 7.12. The van der Waals surface area contributed by atoms with E-state index in [2.05, 4.69) is 40.0 Å². The van der Waals surface area contributed by atoms with Gasteiger partial charge in [0.2, 0.25) is 0 Å². The molecule has 0 saturated carbocycles. The van der Waals surface area contributed by atoms with Crippen molar-refractivity contribution in [3.8, 4) is 5.75 Å². The Bertz CT molecular complexity index is 748. The molecule has 4 rings (SSSR count). The highest BCUT2D eigenvalue weighted by Gasteiger charge is 2.30. The summed E-state index contributed by atoms with van der Waals surface area (Å²) in [5, 5.41) is 0. The van der Waals surface area contributed by atoms with Gasteiger partial charge in [-0.3, -0.25) is 0 Å². The maximum absolute atomic E-state index is 5.55. The summed E-state index contributed by atoms with van der Waals surface area (Å²) in [5.41, 5.74) is 3.83. The largest absolute Gasteiger partial charge is 0.496 e. The first kappa shape index (κ1) is 16.3. The summed E-state index contributed by atoms with van der Waals surface area (Å²) in [6, 6.07) is 8.83. The van der Waals surface area contributed by atoms with Crippen LogP contribution in [0.25, 0.3) is 0 Å². The summed E-state index contributed by atoms with van der Waals surface area (Å²) < 4.78 is 5.55. The van der Waals surface area contributed by atoms with Crippen molar-refractivity contribution in [2.45, 2.75) is 38.3 Å². The molecule has 1 atom stereocenters. The summed E-state index contributed by atoms with van der Waals surface area (Å²) in [6.07, 6.45) is 6.18. The van der Waals surface area contributed by atoms with Crippen LogP contribution >= 0.6 is 0 Å². The second-order valence-corrected chi connectivity index (χ2v) is 7.12. The highest BCUT2D eigenvalue weighted by atomic mass is 16.5. The number of benzene rings is 1. The SMILES string of the molecule is COc1ccccc1C[C@@H]1CCCN1c1ncnc2c1CN(C)CC2. The fraction of sp³-hybridized carbons (Fsp3) is 0.500. The number of aromatic nitrogens is 2. The monoisotopic (exact) mass is 338 g/mol. The molecule has 0 N–H and O–H groups in total. The predicted octanol–water partition coefficient (Wildman–Crippen LogP) is 2.68. The van der Waals surface area contributed by atoms with Gasteiger partial charge in [0.25, 0.3) is 0 Å². The molecule has 2 aromatic rings. The first-order valence-electron chi connectivity index (χ1n) is 9.16. The number of rotatable bonds is 4. The van der Waals surface area contributed by atoms with Gasteiger partial charge in [-0.25, -0.2) is 9.97 Å². The average Bonchev–Trinajstić information content (AvgIpc) is 3.09. The van der Waals surface area contributed by atoms with Crippen LogP contribution in [0.2, 0.25) is 0 Å². The van der Waals surface area contributed by atoms with Crippen LogP contribution in [-0.4, -0.2) is 48.2 Å². The molecule has 5 nitrogen and oxygen atoms in total. The lowest BCUT2D eigenvalue weighted by molar-refractivity contribution is 0.309. The van der Waals surface area contributed by atoms with Crippen molar-refractivity contribution < 1.29 is 4.74 Å². The number of anilines is 1. The number of likely N-dealkylation sites (N-methyl/N-ethyl adjacent to an activating group) is 1. The van der Waals surface area contributed by atoms with Crippen molar-refractivity contribution in [3.05, 3.63) is 47.4 Å². The Morgan fingerprint density at radius 3 is 2.96 bits per heavy atom. The minimum absolute atomic E-state index is 0.475. The van der Waals surface area contributed by atoms with E-state index >= 15 is 0 Å². The van der Waals surface area contributed by atoms with Gasteiger partial charge < -0.3 is 14.5 Å². The molecule has 1 aromatic carbocycles. The third kappa shape index (κ3) is 3.21. The van der Waals surface area contributed by atoms with Crippen LogP contribution in [0.1, 0.15) is 29.7 Å². The van der Waals surface area contributed by atoms with E-state index in [4.69, 9.17) is 9.72 Å². The maximum atomic E-state index is 5.55. The first-order valence-corrected chi connectivity index (χ1v) is 9.16. The van der Waals surface area contributed by atoms with Gasteiger partial charge >= 0.3 is 0 Å². The molecule has 5 heteroatoms. The van der Waals surface area contributed by atoms with Crippen LogP contribution < -0.4 is 9.64 Å². The number of nitrogens with zero attached hydrogens (tertiary/aromatic N) is 4. The molecule has 0 bridgehead atoms. The van der Waals surface area contributed by atoms with Crippen LogP contribution in [0.15, 0.2) is 30.6 Å². The normalized spacial score (nSPS) is 20.6. The van der Waals surface area contributed by atoms with E-state index in [0.717, 1.165) is 44.0 Å². The van der Waals surface area contributed by atoms with Gasteiger partial charge in [0.15, 0.2) is 0 Å². The Labute approximate surface area is 149 Å². The Hall–Kier alpha value is -2.14. The lowest BCUT2D eigenvalue weighted by Crippen LogP contribution is -2.35. The van der Waals surface area contributed by atoms with Crippen molar-refractivity contribution in [3.63, 3.8) is 0 Å². The van der Waals surface area contributed by atoms with E-state index in [1.54, 1.807) is 13.4 Å². The van der Waals surface area contributed by atoms with Crippen LogP contribution in [0.3, 0.4) is 0 Å². The van der Waals surface area contributed by atoms with E-state index in [1.165, 1.54) is 29.7 Å². The Morgan fingerprint density at radius 1 is 1.20 bits per heavy atom. The number of hydrogen-bond donors (Lipinski definition) is 0. The second kappa shape index (κ2) is 7.00. The van der Waals surface area contributed by atoms with Crippen molar-refractivity contribution in [1.29, 1.82) is 0 Å². The van der Waals surface area contributed by atoms with Gasteiger partial charge in [0.05, 0.1) is 12.8 Å². The number of para-hydroxylation sites is 1. The molecule has 25 heavy (non-hydrogen) atoms. The first-order chi connectivity index (χ1) is 12.3. The molecule has 0 unspecified atom stereocenters. The van der Waals surface area contributed by atoms with Crippen LogP contribution in [0, 0.1) is 0 Å². The zero-order chi connectivity index (χ0) is 17.2. The highest BCUT2D eigenvalue weighted by molar-refractivity contribution is 5.51. The third-order valence-electron chi connectivity index (χ3n) is 5.47. The topological polar surface area (TPSA) is 41.5 Å². The van der Waals surface area contributed by atoms with Gasteiger partial charge in [0.1, 0.15) is 17.9 Å². The molecule has 2 aliphatic heterocycles. The summed E-state index contributed by atoms with van der Waals surface area (Å²) in [7, 11) is 3.93. The molecule has 1 saturated heterocycles. The molecule has 0 aliphatic carbocycles. The van der Waals surface area contributed by atoms with Gasteiger partial charge in [-0.05, 0) is 37.9 Å². The lowest BCUT2D eigenvalue weighted by Gasteiger charge is -2.32. The molecule has 3 heterocycles. The zero-order valence-corrected chi connectivity index (χ0v) is 15.1. The molecule has 0 amide bonds. The molecular formula is C20H26N4O. The van der Waals surface area contributed by atoms with Crippen molar-refractivity contribution in [2.75, 3.05) is 32.1 Å². The maximum Gasteiger partial charge on any atom is 0.137 e. The van der Waals surface area contributed by atoms with Crippen LogP contribution in [-0.2, 0) is 19.4 Å². The van der Waals surface area contributed by atoms with Gasteiger partial charge in [-0.2, -0.15) is 0 Å². The molecule has 0 spiro atoms. The molecule has 2 aliphatic rings. The van der Waals surface area contributed by atoms with Crippen LogP contribution in [0.5, 0.6) is 5.75 Å². The van der Waals surface area contributed by atoms with Crippen molar-refractivity contribution >= 4 is 5.82 Å². The fourth-order valence-electron chi connectivity index (χ4n) is 4.16. The van der Waals surface area contributed by atoms with Gasteiger partial charge in [0, 0.05) is 37.7 Å². The molecule has 1 fully saturated rings. The summed E-state index contributed by atoms with van der Waals surface area (Å²) in [6.45, 7) is 3.10. The summed E-state index contributed by atoms with van der Waals surface area (Å²) in [5.74, 6) is 2.13. The number of hydrogen-bond acceptors (Lipinski definition) is 5. The minimum atomic E-state index is 0.475. The third-order valence-corrected chi connectivity index (χ3v) is 5.47. The Kier molecular flexibility index (Phi) is 4.57. The number of ether oxygens (including phenoxy) is 1. The predicted molar refractivity (Wildman–Crippen MR) is 99.1 cm³/mol. The van der Waals surface area contributed by atoms with Crippen LogP contribution in [0.4, 0.5) is 5.82 Å². The Balaban J connectivity index is 1.62. The smallest absolute Gasteiger partial charge is 0.137 e. The standard InChI is InChI=1S/C20H26N4O/c1-23-11-9-18-17(13-23)20(22-14-21-18)24-10-5-7-16(24)12-15-6-3-4-8-19(15)25-2/h3-4,6,8,14,16H,5,7,9-13H2,1-2H3/t16-/m0/s1. The molecule has 0 radical (unpaired) electrons. The summed E-state index contributed by atoms with van der Waals surface area (Å²) in [4.78, 5) is 14.1. The van der Waals surface area contributed by atoms with Gasteiger partial charge in [-0.15, -0.1) is 0 Å². The highest BCUT2D eigenvalue weighted by Crippen LogP contribution is 2.33. The summed E-state index contributed by atoms with van der Waals surface area (Å²) >= 11 is 0. The van der Waals surface area contributed by atoms with E-state index in [0.29, 0.717) is 6.04 Å². The van der Waals surface area contributed by atoms with Crippen molar-refractivity contribution in [2.24, 2.45) is 0 Å². The minimum Gasteiger partial charge on any atom is -0.496 e.